The van der Waals surface area contributed by atoms with E-state index >= 15 is 0 Å². The number of nitrogens with one attached hydrogen (secondary N) is 1. The molecule has 4 rings (SSSR count). The summed E-state index contributed by atoms with van der Waals surface area (Å²) in [5.41, 5.74) is 0.769. The highest BCUT2D eigenvalue weighted by Crippen LogP contribution is 2.20. The molecule has 28 heavy (non-hydrogen) atoms. The molecule has 1 saturated heterocycles. The third kappa shape index (κ3) is 3.97. The first-order valence-corrected chi connectivity index (χ1v) is 9.67. The minimum Gasteiger partial charge on any atom is -0.422 e. The second-order valence-electron chi connectivity index (χ2n) is 7.07. The summed E-state index contributed by atoms with van der Waals surface area (Å²) >= 11 is 0. The van der Waals surface area contributed by atoms with Crippen molar-refractivity contribution in [2.45, 2.75) is 31.8 Å². The van der Waals surface area contributed by atoms with Crippen molar-refractivity contribution < 1.29 is 9.21 Å². The van der Waals surface area contributed by atoms with Crippen LogP contribution in [0.1, 0.15) is 35.3 Å². The zero-order chi connectivity index (χ0) is 19.3. The second kappa shape index (κ2) is 8.35. The van der Waals surface area contributed by atoms with Crippen LogP contribution < -0.4 is 10.9 Å². The Morgan fingerprint density at radius 1 is 1.14 bits per heavy atom. The van der Waals surface area contributed by atoms with Gasteiger partial charge < -0.3 is 14.6 Å². The van der Waals surface area contributed by atoms with Crippen LogP contribution in [-0.4, -0.2) is 34.9 Å². The Balaban J connectivity index is 1.71. The van der Waals surface area contributed by atoms with E-state index in [2.05, 4.69) is 10.3 Å². The Kier molecular flexibility index (Phi) is 5.48. The molecule has 1 amide bonds. The van der Waals surface area contributed by atoms with Crippen molar-refractivity contribution in [1.29, 1.82) is 0 Å². The van der Waals surface area contributed by atoms with Gasteiger partial charge in [0.1, 0.15) is 11.1 Å². The number of aromatic nitrogens is 1. The molecule has 6 heteroatoms. The lowest BCUT2D eigenvalue weighted by atomic mass is 10.0. The number of amides is 1. The van der Waals surface area contributed by atoms with E-state index in [1.807, 2.05) is 30.3 Å². The summed E-state index contributed by atoms with van der Waals surface area (Å²) in [5, 5.41) is 4.12. The molecule has 1 aromatic carbocycles. The van der Waals surface area contributed by atoms with Crippen molar-refractivity contribution in [1.82, 2.24) is 15.2 Å². The molecule has 0 saturated carbocycles. The smallest absolute Gasteiger partial charge is 0.349 e. The molecule has 3 aromatic rings. The van der Waals surface area contributed by atoms with Crippen LogP contribution in [0, 0.1) is 0 Å². The van der Waals surface area contributed by atoms with Gasteiger partial charge in [-0.25, -0.2) is 4.79 Å². The summed E-state index contributed by atoms with van der Waals surface area (Å²) in [6.45, 7) is 2.17. The maximum atomic E-state index is 13.4. The third-order valence-corrected chi connectivity index (χ3v) is 5.18. The van der Waals surface area contributed by atoms with E-state index in [0.29, 0.717) is 12.1 Å². The Morgan fingerprint density at radius 3 is 2.86 bits per heavy atom. The molecule has 1 atom stereocenters. The first kappa shape index (κ1) is 18.4. The zero-order valence-corrected chi connectivity index (χ0v) is 15.6. The van der Waals surface area contributed by atoms with Crippen molar-refractivity contribution in [2.24, 2.45) is 0 Å². The van der Waals surface area contributed by atoms with Crippen molar-refractivity contribution in [3.05, 3.63) is 76.4 Å². The van der Waals surface area contributed by atoms with Crippen molar-refractivity contribution >= 4 is 16.9 Å². The van der Waals surface area contributed by atoms with E-state index in [9.17, 15) is 9.59 Å². The van der Waals surface area contributed by atoms with E-state index in [-0.39, 0.29) is 17.5 Å². The zero-order valence-electron chi connectivity index (χ0n) is 15.6. The van der Waals surface area contributed by atoms with Crippen molar-refractivity contribution in [3.63, 3.8) is 0 Å². The fourth-order valence-electron chi connectivity index (χ4n) is 3.71. The Labute approximate surface area is 163 Å². The van der Waals surface area contributed by atoms with Crippen LogP contribution in [0.5, 0.6) is 0 Å². The van der Waals surface area contributed by atoms with Gasteiger partial charge in [-0.1, -0.05) is 24.3 Å². The molecule has 144 valence electrons. The number of hydrogen-bond acceptors (Lipinski definition) is 5. The molecule has 1 N–H and O–H groups in total. The van der Waals surface area contributed by atoms with Gasteiger partial charge in [-0.3, -0.25) is 9.78 Å². The van der Waals surface area contributed by atoms with Crippen LogP contribution in [0.15, 0.2) is 63.9 Å². The number of fused-ring (bicyclic) bond motifs is 1. The molecule has 1 fully saturated rings. The lowest BCUT2D eigenvalue weighted by Crippen LogP contribution is -2.42. The molecule has 2 aromatic heterocycles. The largest absolute Gasteiger partial charge is 0.422 e. The molecule has 1 unspecified atom stereocenters. The monoisotopic (exact) mass is 377 g/mol. The van der Waals surface area contributed by atoms with E-state index < -0.39 is 5.63 Å². The van der Waals surface area contributed by atoms with Gasteiger partial charge in [0, 0.05) is 17.6 Å². The standard InChI is InChI=1S/C22H23N3O3/c26-21(19-14-16-6-1-2-9-20(16)28-22(19)27)25(15-17-7-3-4-12-24-17)18-8-5-11-23-13-10-18/h1-4,6-7,9,12,14,18,23H,5,8,10-11,13,15H2. The predicted molar refractivity (Wildman–Crippen MR) is 107 cm³/mol. The Hall–Kier alpha value is -2.99. The van der Waals surface area contributed by atoms with Gasteiger partial charge in [0.2, 0.25) is 0 Å². The molecule has 0 spiro atoms. The van der Waals surface area contributed by atoms with Gasteiger partial charge in [-0.2, -0.15) is 0 Å². The van der Waals surface area contributed by atoms with E-state index in [4.69, 9.17) is 4.42 Å². The lowest BCUT2D eigenvalue weighted by Gasteiger charge is -2.30. The molecule has 6 nitrogen and oxygen atoms in total. The number of rotatable bonds is 4. The molecular weight excluding hydrogens is 354 g/mol. The molecule has 0 radical (unpaired) electrons. The van der Waals surface area contributed by atoms with Crippen LogP contribution in [0.3, 0.4) is 0 Å². The first-order chi connectivity index (χ1) is 13.7. The maximum Gasteiger partial charge on any atom is 0.349 e. The fourth-order valence-corrected chi connectivity index (χ4v) is 3.71. The third-order valence-electron chi connectivity index (χ3n) is 5.18. The quantitative estimate of drug-likeness (QED) is 0.708. The highest BCUT2D eigenvalue weighted by atomic mass is 16.4. The van der Waals surface area contributed by atoms with Gasteiger partial charge in [0.05, 0.1) is 12.2 Å². The van der Waals surface area contributed by atoms with Gasteiger partial charge in [-0.05, 0) is 56.6 Å². The van der Waals surface area contributed by atoms with Crippen molar-refractivity contribution in [3.8, 4) is 0 Å². The first-order valence-electron chi connectivity index (χ1n) is 9.67. The number of hydrogen-bond donors (Lipinski definition) is 1. The van der Waals surface area contributed by atoms with Crippen LogP contribution in [-0.2, 0) is 6.54 Å². The fraction of sp³-hybridized carbons (Fsp3) is 0.318. The number of carbonyl (C=O) groups excluding carboxylic acids is 1. The van der Waals surface area contributed by atoms with Crippen LogP contribution in [0.2, 0.25) is 0 Å². The average molecular weight is 377 g/mol. The summed E-state index contributed by atoms with van der Waals surface area (Å²) in [7, 11) is 0. The Morgan fingerprint density at radius 2 is 2.00 bits per heavy atom. The molecule has 1 aliphatic rings. The molecule has 0 aliphatic carbocycles. The topological polar surface area (TPSA) is 75.4 Å². The molecule has 0 bridgehead atoms. The summed E-state index contributed by atoms with van der Waals surface area (Å²) in [5.74, 6) is -0.294. The minimum atomic E-state index is -0.596. The van der Waals surface area contributed by atoms with Gasteiger partial charge >= 0.3 is 5.63 Å². The van der Waals surface area contributed by atoms with Gasteiger partial charge in [-0.15, -0.1) is 0 Å². The van der Waals surface area contributed by atoms with Gasteiger partial charge in [0.25, 0.3) is 5.91 Å². The van der Waals surface area contributed by atoms with E-state index in [0.717, 1.165) is 43.4 Å². The molecular formula is C22H23N3O3. The van der Waals surface area contributed by atoms with E-state index in [1.54, 1.807) is 29.3 Å². The van der Waals surface area contributed by atoms with E-state index in [1.165, 1.54) is 0 Å². The number of para-hydroxylation sites is 1. The SMILES string of the molecule is O=C(c1cc2ccccc2oc1=O)N(Cc1ccccn1)C1CCCNCC1. The number of benzene rings is 1. The summed E-state index contributed by atoms with van der Waals surface area (Å²) < 4.78 is 5.40. The minimum absolute atomic E-state index is 0.0513. The van der Waals surface area contributed by atoms with Crippen LogP contribution in [0.4, 0.5) is 0 Å². The second-order valence-corrected chi connectivity index (χ2v) is 7.07. The lowest BCUT2D eigenvalue weighted by molar-refractivity contribution is 0.0638. The highest BCUT2D eigenvalue weighted by Gasteiger charge is 2.28. The summed E-state index contributed by atoms with van der Waals surface area (Å²) in [6, 6.07) is 14.6. The normalized spacial score (nSPS) is 17.2. The molecule has 3 heterocycles. The number of carbonyl (C=O) groups is 1. The van der Waals surface area contributed by atoms with Crippen LogP contribution >= 0.6 is 0 Å². The summed E-state index contributed by atoms with van der Waals surface area (Å²) in [4.78, 5) is 32.1. The average Bonchev–Trinajstić information content (AvgIpc) is 3.01. The number of pyridine rings is 1. The van der Waals surface area contributed by atoms with Crippen LogP contribution in [0.25, 0.3) is 11.0 Å². The Bertz CT molecular complexity index is 1010. The van der Waals surface area contributed by atoms with Crippen molar-refractivity contribution in [2.75, 3.05) is 13.1 Å². The highest BCUT2D eigenvalue weighted by molar-refractivity contribution is 5.96. The predicted octanol–water partition coefficient (Wildman–Crippen LogP) is 2.97. The summed E-state index contributed by atoms with van der Waals surface area (Å²) in [6.07, 6.45) is 4.45. The number of nitrogens with zero attached hydrogens (tertiary/aromatic N) is 2. The maximum absolute atomic E-state index is 13.4. The van der Waals surface area contributed by atoms with Gasteiger partial charge in [0.15, 0.2) is 0 Å². The molecule has 1 aliphatic heterocycles.